The van der Waals surface area contributed by atoms with Crippen molar-refractivity contribution in [2.45, 2.75) is 51.1 Å². The van der Waals surface area contributed by atoms with Crippen LogP contribution in [0.25, 0.3) is 0 Å². The molecule has 4 amide bonds. The number of carboxylic acid groups (broad SMARTS) is 1. The number of urea groups is 1. The first-order chi connectivity index (χ1) is 15.6. The van der Waals surface area contributed by atoms with Crippen molar-refractivity contribution in [3.8, 4) is 0 Å². The van der Waals surface area contributed by atoms with E-state index in [-0.39, 0.29) is 50.6 Å². The van der Waals surface area contributed by atoms with E-state index < -0.39 is 23.4 Å². The number of hydrogen-bond donors (Lipinski definition) is 4. The molecule has 0 atom stereocenters. The third-order valence-corrected chi connectivity index (χ3v) is 6.34. The van der Waals surface area contributed by atoms with Crippen molar-refractivity contribution in [3.63, 3.8) is 0 Å². The highest BCUT2D eigenvalue weighted by Crippen LogP contribution is 2.30. The van der Waals surface area contributed by atoms with E-state index in [0.717, 1.165) is 25.7 Å². The average molecular weight is 465 g/mol. The molecular formula is C21H32N6O6. The zero-order valence-corrected chi connectivity index (χ0v) is 19.0. The molecule has 0 spiro atoms. The molecule has 2 aliphatic rings. The summed E-state index contributed by atoms with van der Waals surface area (Å²) in [5.41, 5.74) is -1.69. The molecule has 1 saturated carbocycles. The molecule has 0 unspecified atom stereocenters. The summed E-state index contributed by atoms with van der Waals surface area (Å²) in [5, 5.41) is 23.0. The normalized spacial score (nSPS) is 21.4. The molecule has 12 nitrogen and oxygen atoms in total. The van der Waals surface area contributed by atoms with Crippen LogP contribution in [0.1, 0.15) is 45.6 Å². The van der Waals surface area contributed by atoms with Gasteiger partial charge < -0.3 is 25.3 Å². The van der Waals surface area contributed by atoms with Gasteiger partial charge in [-0.15, -0.1) is 0 Å². The van der Waals surface area contributed by atoms with Gasteiger partial charge in [-0.25, -0.2) is 14.4 Å². The van der Waals surface area contributed by atoms with Gasteiger partial charge in [-0.3, -0.25) is 14.7 Å². The molecule has 1 aliphatic heterocycles. The Balaban J connectivity index is 1.53. The SMILES string of the molecule is CC(C)(NC(=O)O)C(=O)N1CCN(C(=O)Nc2ccn(C3CCC(CO)CC3)c(=O)n2)CC1. The van der Waals surface area contributed by atoms with Gasteiger partial charge in [0.25, 0.3) is 0 Å². The lowest BCUT2D eigenvalue weighted by Gasteiger charge is -2.38. The van der Waals surface area contributed by atoms with Crippen LogP contribution in [-0.4, -0.2) is 85.9 Å². The summed E-state index contributed by atoms with van der Waals surface area (Å²) < 4.78 is 1.58. The van der Waals surface area contributed by atoms with E-state index in [2.05, 4.69) is 15.6 Å². The minimum atomic E-state index is -1.28. The minimum absolute atomic E-state index is 0.0445. The third kappa shape index (κ3) is 6.01. The van der Waals surface area contributed by atoms with Gasteiger partial charge >= 0.3 is 17.8 Å². The highest BCUT2D eigenvalue weighted by atomic mass is 16.4. The number of nitrogens with one attached hydrogen (secondary N) is 2. The molecule has 1 saturated heterocycles. The molecule has 1 aromatic rings. The minimum Gasteiger partial charge on any atom is -0.465 e. The van der Waals surface area contributed by atoms with Gasteiger partial charge in [0, 0.05) is 45.0 Å². The Hall–Kier alpha value is -3.15. The van der Waals surface area contributed by atoms with E-state index >= 15 is 0 Å². The standard InChI is InChI=1S/C21H32N6O6/c1-21(2,24-20(32)33)17(29)25-9-11-26(12-10-25)18(30)22-16-7-8-27(19(31)23-16)15-5-3-14(13-28)4-6-15/h7-8,14-15,24,28H,3-6,9-13H2,1-2H3,(H,32,33)(H,22,23,30,31). The van der Waals surface area contributed by atoms with Gasteiger partial charge in [-0.1, -0.05) is 0 Å². The number of aliphatic hydroxyl groups excluding tert-OH is 1. The largest absolute Gasteiger partial charge is 0.465 e. The van der Waals surface area contributed by atoms with Crippen molar-refractivity contribution in [2.75, 3.05) is 38.1 Å². The molecule has 0 bridgehead atoms. The lowest BCUT2D eigenvalue weighted by molar-refractivity contribution is -0.138. The Kier molecular flexibility index (Phi) is 7.57. The highest BCUT2D eigenvalue weighted by Gasteiger charge is 2.35. The van der Waals surface area contributed by atoms with Gasteiger partial charge in [-0.2, -0.15) is 4.98 Å². The van der Waals surface area contributed by atoms with Crippen molar-refractivity contribution in [3.05, 3.63) is 22.7 Å². The number of piperazine rings is 1. The smallest absolute Gasteiger partial charge is 0.405 e. The first-order valence-electron chi connectivity index (χ1n) is 11.2. The van der Waals surface area contributed by atoms with Crippen LogP contribution in [-0.2, 0) is 4.79 Å². The topological polar surface area (TPSA) is 157 Å². The summed E-state index contributed by atoms with van der Waals surface area (Å²) in [6, 6.07) is 1.22. The molecule has 2 heterocycles. The van der Waals surface area contributed by atoms with Gasteiger partial charge in [0.2, 0.25) is 5.91 Å². The Labute approximate surface area is 191 Å². The van der Waals surface area contributed by atoms with Gasteiger partial charge in [0.05, 0.1) is 0 Å². The predicted molar refractivity (Wildman–Crippen MR) is 119 cm³/mol. The van der Waals surface area contributed by atoms with Gasteiger partial charge in [-0.05, 0) is 51.5 Å². The fourth-order valence-electron chi connectivity index (χ4n) is 4.38. The highest BCUT2D eigenvalue weighted by molar-refractivity contribution is 5.90. The molecule has 33 heavy (non-hydrogen) atoms. The van der Waals surface area contributed by atoms with Gasteiger partial charge in [0.15, 0.2) is 0 Å². The first-order valence-corrected chi connectivity index (χ1v) is 11.2. The predicted octanol–water partition coefficient (Wildman–Crippen LogP) is 0.689. The Morgan fingerprint density at radius 2 is 1.70 bits per heavy atom. The van der Waals surface area contributed by atoms with Crippen LogP contribution in [0.5, 0.6) is 0 Å². The van der Waals surface area contributed by atoms with Crippen LogP contribution >= 0.6 is 0 Å². The van der Waals surface area contributed by atoms with Crippen LogP contribution in [0.3, 0.4) is 0 Å². The van der Waals surface area contributed by atoms with E-state index in [1.807, 2.05) is 0 Å². The Morgan fingerprint density at radius 3 is 2.24 bits per heavy atom. The molecular weight excluding hydrogens is 432 g/mol. The number of carbonyl (C=O) groups is 3. The summed E-state index contributed by atoms with van der Waals surface area (Å²) in [7, 11) is 0. The van der Waals surface area contributed by atoms with E-state index in [4.69, 9.17) is 5.11 Å². The van der Waals surface area contributed by atoms with Crippen LogP contribution in [0.15, 0.2) is 17.1 Å². The van der Waals surface area contributed by atoms with E-state index in [9.17, 15) is 24.3 Å². The number of hydrogen-bond acceptors (Lipinski definition) is 6. The average Bonchev–Trinajstić information content (AvgIpc) is 2.78. The molecule has 182 valence electrons. The zero-order valence-electron chi connectivity index (χ0n) is 19.0. The number of nitrogens with zero attached hydrogens (tertiary/aromatic N) is 4. The Morgan fingerprint density at radius 1 is 1.09 bits per heavy atom. The molecule has 4 N–H and O–H groups in total. The van der Waals surface area contributed by atoms with E-state index in [0.29, 0.717) is 5.92 Å². The third-order valence-electron chi connectivity index (χ3n) is 6.34. The summed E-state index contributed by atoms with van der Waals surface area (Å²) in [4.78, 5) is 55.6. The number of rotatable bonds is 5. The number of aliphatic hydroxyl groups is 1. The maximum Gasteiger partial charge on any atom is 0.405 e. The Bertz CT molecular complexity index is 931. The number of amides is 4. The summed E-state index contributed by atoms with van der Waals surface area (Å²) in [5.74, 6) is 0.0950. The zero-order chi connectivity index (χ0) is 24.2. The van der Waals surface area contributed by atoms with E-state index in [1.165, 1.54) is 23.6 Å². The monoisotopic (exact) mass is 464 g/mol. The summed E-state index contributed by atoms with van der Waals surface area (Å²) in [6.45, 7) is 4.23. The van der Waals surface area contributed by atoms with E-state index in [1.54, 1.807) is 16.8 Å². The summed E-state index contributed by atoms with van der Waals surface area (Å²) in [6.07, 6.45) is 3.70. The molecule has 0 aromatic carbocycles. The molecule has 3 rings (SSSR count). The van der Waals surface area contributed by atoms with Crippen LogP contribution in [0, 0.1) is 5.92 Å². The van der Waals surface area contributed by atoms with Crippen molar-refractivity contribution in [1.82, 2.24) is 24.7 Å². The lowest BCUT2D eigenvalue weighted by atomic mass is 9.86. The first kappa shape index (κ1) is 24.5. The number of carbonyl (C=O) groups excluding carboxylic acids is 2. The second-order valence-corrected chi connectivity index (χ2v) is 9.12. The maximum atomic E-state index is 12.6. The second kappa shape index (κ2) is 10.2. The second-order valence-electron chi connectivity index (χ2n) is 9.12. The molecule has 1 aromatic heterocycles. The van der Waals surface area contributed by atoms with Crippen molar-refractivity contribution in [2.24, 2.45) is 5.92 Å². The van der Waals surface area contributed by atoms with Crippen LogP contribution in [0.2, 0.25) is 0 Å². The maximum absolute atomic E-state index is 12.6. The molecule has 1 aliphatic carbocycles. The number of anilines is 1. The van der Waals surface area contributed by atoms with Gasteiger partial charge in [0.1, 0.15) is 11.4 Å². The summed E-state index contributed by atoms with van der Waals surface area (Å²) >= 11 is 0. The quantitative estimate of drug-likeness (QED) is 0.499. The number of aromatic nitrogens is 2. The van der Waals surface area contributed by atoms with Crippen molar-refractivity contribution in [1.29, 1.82) is 0 Å². The van der Waals surface area contributed by atoms with Crippen LogP contribution in [0.4, 0.5) is 15.4 Å². The lowest BCUT2D eigenvalue weighted by Crippen LogP contribution is -2.60. The van der Waals surface area contributed by atoms with Crippen molar-refractivity contribution >= 4 is 23.8 Å². The fraction of sp³-hybridized carbons (Fsp3) is 0.667. The van der Waals surface area contributed by atoms with Crippen molar-refractivity contribution < 1.29 is 24.6 Å². The fourth-order valence-corrected chi connectivity index (χ4v) is 4.38. The molecule has 0 radical (unpaired) electrons. The molecule has 2 fully saturated rings. The molecule has 12 heteroatoms. The van der Waals surface area contributed by atoms with Crippen LogP contribution < -0.4 is 16.3 Å².